The topological polar surface area (TPSA) is 57.6 Å². The number of aliphatic carboxylic acids is 1. The highest BCUT2D eigenvalue weighted by molar-refractivity contribution is 7.12. The Balaban J connectivity index is 1.56. The van der Waals surface area contributed by atoms with Gasteiger partial charge in [-0.05, 0) is 36.6 Å². The van der Waals surface area contributed by atoms with Crippen LogP contribution in [0.1, 0.15) is 33.2 Å². The Morgan fingerprint density at radius 1 is 1.17 bits per heavy atom. The molecule has 3 atom stereocenters. The van der Waals surface area contributed by atoms with E-state index in [4.69, 9.17) is 0 Å². The van der Waals surface area contributed by atoms with Crippen LogP contribution < -0.4 is 0 Å². The zero-order valence-corrected chi connectivity index (χ0v) is 14.3. The largest absolute Gasteiger partial charge is 0.480 e. The number of fused-ring (bicyclic) bond motifs is 1. The second kappa shape index (κ2) is 5.74. The Morgan fingerprint density at radius 3 is 2.58 bits per heavy atom. The van der Waals surface area contributed by atoms with E-state index in [2.05, 4.69) is 19.1 Å². The predicted octanol–water partition coefficient (Wildman–Crippen LogP) is 3.20. The molecule has 0 saturated heterocycles. The summed E-state index contributed by atoms with van der Waals surface area (Å²) in [5, 5.41) is 9.58. The lowest BCUT2D eigenvalue weighted by Gasteiger charge is -2.34. The first-order valence-electron chi connectivity index (χ1n) is 8.21. The molecule has 0 bridgehead atoms. The average molecular weight is 341 g/mol. The average Bonchev–Trinajstić information content (AvgIpc) is 3.27. The van der Waals surface area contributed by atoms with Gasteiger partial charge in [0.1, 0.15) is 6.04 Å². The van der Waals surface area contributed by atoms with Crippen LogP contribution in [0.2, 0.25) is 0 Å². The van der Waals surface area contributed by atoms with Gasteiger partial charge in [0.15, 0.2) is 0 Å². The van der Waals surface area contributed by atoms with Crippen molar-refractivity contribution in [3.05, 3.63) is 57.3 Å². The molecule has 24 heavy (non-hydrogen) atoms. The van der Waals surface area contributed by atoms with Gasteiger partial charge in [-0.1, -0.05) is 24.3 Å². The van der Waals surface area contributed by atoms with Gasteiger partial charge in [-0.25, -0.2) is 4.79 Å². The van der Waals surface area contributed by atoms with E-state index in [9.17, 15) is 14.7 Å². The highest BCUT2D eigenvalue weighted by Crippen LogP contribution is 2.51. The van der Waals surface area contributed by atoms with E-state index >= 15 is 0 Å². The molecule has 4 rings (SSSR count). The second-order valence-electron chi connectivity index (χ2n) is 6.69. The van der Waals surface area contributed by atoms with Crippen LogP contribution in [0.25, 0.3) is 0 Å². The number of carbonyl (C=O) groups excluding carboxylic acids is 1. The highest BCUT2D eigenvalue weighted by atomic mass is 32.1. The van der Waals surface area contributed by atoms with Gasteiger partial charge in [0.2, 0.25) is 5.91 Å². The van der Waals surface area contributed by atoms with Crippen molar-refractivity contribution in [2.45, 2.75) is 38.3 Å². The van der Waals surface area contributed by atoms with Gasteiger partial charge in [-0.3, -0.25) is 4.79 Å². The number of aryl methyl sites for hydroxylation is 1. The Bertz CT molecular complexity index is 812. The number of hydrogen-bond acceptors (Lipinski definition) is 3. The van der Waals surface area contributed by atoms with Gasteiger partial charge in [-0.15, -0.1) is 11.3 Å². The molecule has 1 amide bonds. The van der Waals surface area contributed by atoms with Gasteiger partial charge in [-0.2, -0.15) is 0 Å². The van der Waals surface area contributed by atoms with E-state index in [1.165, 1.54) is 9.75 Å². The predicted molar refractivity (Wildman–Crippen MR) is 92.0 cm³/mol. The molecule has 124 valence electrons. The van der Waals surface area contributed by atoms with Crippen LogP contribution in [0.15, 0.2) is 36.4 Å². The van der Waals surface area contributed by atoms with Crippen molar-refractivity contribution >= 4 is 23.2 Å². The lowest BCUT2D eigenvalue weighted by molar-refractivity contribution is -0.152. The first kappa shape index (κ1) is 15.4. The molecular weight excluding hydrogens is 322 g/mol. The van der Waals surface area contributed by atoms with Crippen molar-refractivity contribution in [2.75, 3.05) is 0 Å². The van der Waals surface area contributed by atoms with Crippen molar-refractivity contribution in [1.29, 1.82) is 0 Å². The molecule has 5 heteroatoms. The molecular formula is C19H19NO3S. The van der Waals surface area contributed by atoms with Crippen LogP contribution in [-0.2, 0) is 22.6 Å². The van der Waals surface area contributed by atoms with E-state index in [-0.39, 0.29) is 17.7 Å². The SMILES string of the molecule is Cc1ccc(C2CC2C(=O)N2Cc3ccccc3CC2C(=O)O)s1. The number of carboxylic acid groups (broad SMARTS) is 1. The maximum absolute atomic E-state index is 12.9. The fourth-order valence-electron chi connectivity index (χ4n) is 3.62. The smallest absolute Gasteiger partial charge is 0.326 e. The summed E-state index contributed by atoms with van der Waals surface area (Å²) in [7, 11) is 0. The van der Waals surface area contributed by atoms with Crippen LogP contribution in [-0.4, -0.2) is 27.9 Å². The lowest BCUT2D eigenvalue weighted by atomic mass is 9.93. The zero-order valence-electron chi connectivity index (χ0n) is 13.4. The van der Waals surface area contributed by atoms with Crippen LogP contribution in [0.5, 0.6) is 0 Å². The number of amides is 1. The molecule has 1 saturated carbocycles. The minimum Gasteiger partial charge on any atom is -0.480 e. The molecule has 1 aliphatic heterocycles. The number of carbonyl (C=O) groups is 2. The molecule has 1 aliphatic carbocycles. The van der Waals surface area contributed by atoms with Crippen molar-refractivity contribution in [2.24, 2.45) is 5.92 Å². The summed E-state index contributed by atoms with van der Waals surface area (Å²) in [6, 6.07) is 11.2. The quantitative estimate of drug-likeness (QED) is 0.933. The molecule has 3 unspecified atom stereocenters. The first-order valence-corrected chi connectivity index (χ1v) is 9.02. The number of carboxylic acids is 1. The second-order valence-corrected chi connectivity index (χ2v) is 8.01. The van der Waals surface area contributed by atoms with Crippen LogP contribution >= 0.6 is 11.3 Å². The summed E-state index contributed by atoms with van der Waals surface area (Å²) in [4.78, 5) is 28.7. The number of rotatable bonds is 3. The molecule has 2 aromatic rings. The molecule has 0 spiro atoms. The molecule has 1 aromatic carbocycles. The standard InChI is InChI=1S/C19H19NO3S/c1-11-6-7-17(24-11)14-9-15(14)18(21)20-10-13-5-3-2-4-12(13)8-16(20)19(22)23/h2-7,14-16H,8-10H2,1H3,(H,22,23). The van der Waals surface area contributed by atoms with E-state index in [0.717, 1.165) is 17.5 Å². The Hall–Kier alpha value is -2.14. The third-order valence-electron chi connectivity index (χ3n) is 5.05. The highest BCUT2D eigenvalue weighted by Gasteiger charge is 2.49. The molecule has 1 N–H and O–H groups in total. The molecule has 1 fully saturated rings. The Kier molecular flexibility index (Phi) is 3.68. The van der Waals surface area contributed by atoms with Gasteiger partial charge in [0, 0.05) is 34.6 Å². The number of benzene rings is 1. The zero-order chi connectivity index (χ0) is 16.8. The summed E-state index contributed by atoms with van der Waals surface area (Å²) in [6.45, 7) is 2.47. The number of hydrogen-bond donors (Lipinski definition) is 1. The fourth-order valence-corrected chi connectivity index (χ4v) is 4.68. The molecule has 0 radical (unpaired) electrons. The van der Waals surface area contributed by atoms with Crippen LogP contribution in [0.3, 0.4) is 0 Å². The van der Waals surface area contributed by atoms with Crippen LogP contribution in [0, 0.1) is 12.8 Å². The van der Waals surface area contributed by atoms with E-state index in [1.807, 2.05) is 24.3 Å². The lowest BCUT2D eigenvalue weighted by Crippen LogP contribution is -2.49. The van der Waals surface area contributed by atoms with E-state index < -0.39 is 12.0 Å². The summed E-state index contributed by atoms with van der Waals surface area (Å²) >= 11 is 1.73. The van der Waals surface area contributed by atoms with Crippen molar-refractivity contribution < 1.29 is 14.7 Å². The molecule has 1 aromatic heterocycles. The maximum Gasteiger partial charge on any atom is 0.326 e. The van der Waals surface area contributed by atoms with Crippen molar-refractivity contribution in [3.8, 4) is 0 Å². The normalized spacial score (nSPS) is 25.2. The summed E-state index contributed by atoms with van der Waals surface area (Å²) in [5.74, 6) is -0.715. The Morgan fingerprint density at radius 2 is 1.92 bits per heavy atom. The molecule has 2 aliphatic rings. The van der Waals surface area contributed by atoms with Gasteiger partial charge in [0.25, 0.3) is 0 Å². The third-order valence-corrected chi connectivity index (χ3v) is 6.18. The summed E-state index contributed by atoms with van der Waals surface area (Å²) in [5.41, 5.74) is 2.10. The minimum atomic E-state index is -0.915. The molecule has 2 heterocycles. The minimum absolute atomic E-state index is 0.00652. The van der Waals surface area contributed by atoms with E-state index in [0.29, 0.717) is 13.0 Å². The van der Waals surface area contributed by atoms with Gasteiger partial charge in [0.05, 0.1) is 0 Å². The van der Waals surface area contributed by atoms with Crippen LogP contribution in [0.4, 0.5) is 0 Å². The van der Waals surface area contributed by atoms with Gasteiger partial charge < -0.3 is 10.0 Å². The van der Waals surface area contributed by atoms with E-state index in [1.54, 1.807) is 16.2 Å². The maximum atomic E-state index is 12.9. The first-order chi connectivity index (χ1) is 11.5. The van der Waals surface area contributed by atoms with Crippen molar-refractivity contribution in [3.63, 3.8) is 0 Å². The van der Waals surface area contributed by atoms with Crippen molar-refractivity contribution in [1.82, 2.24) is 4.90 Å². The fraction of sp³-hybridized carbons (Fsp3) is 0.368. The summed E-state index contributed by atoms with van der Waals surface area (Å²) in [6.07, 6.45) is 1.23. The number of thiophene rings is 1. The third kappa shape index (κ3) is 2.63. The number of nitrogens with zero attached hydrogens (tertiary/aromatic N) is 1. The monoisotopic (exact) mass is 341 g/mol. The summed E-state index contributed by atoms with van der Waals surface area (Å²) < 4.78 is 0. The Labute approximate surface area is 144 Å². The van der Waals surface area contributed by atoms with Gasteiger partial charge >= 0.3 is 5.97 Å². The molecule has 4 nitrogen and oxygen atoms in total.